The van der Waals surface area contributed by atoms with Gasteiger partial charge < -0.3 is 9.47 Å². The first-order chi connectivity index (χ1) is 6.22. The molecule has 0 unspecified atom stereocenters. The molecule has 1 aliphatic rings. The van der Waals surface area contributed by atoms with Gasteiger partial charge in [-0.1, -0.05) is 0 Å². The molecule has 0 aliphatic heterocycles. The van der Waals surface area contributed by atoms with E-state index in [9.17, 15) is 4.79 Å². The Balaban J connectivity index is 2.18. The molecule has 1 saturated carbocycles. The largest absolute Gasteiger partial charge is 0.463 e. The molecule has 0 spiro atoms. The van der Waals surface area contributed by atoms with Gasteiger partial charge in [-0.25, -0.2) is 0 Å². The van der Waals surface area contributed by atoms with Crippen LogP contribution >= 0.6 is 0 Å². The van der Waals surface area contributed by atoms with E-state index in [-0.39, 0.29) is 12.1 Å². The van der Waals surface area contributed by atoms with Crippen molar-refractivity contribution in [3.63, 3.8) is 0 Å². The van der Waals surface area contributed by atoms with E-state index in [4.69, 9.17) is 9.47 Å². The minimum Gasteiger partial charge on any atom is -0.463 e. The van der Waals surface area contributed by atoms with Gasteiger partial charge in [0.1, 0.15) is 6.10 Å². The molecule has 0 heterocycles. The van der Waals surface area contributed by atoms with Crippen LogP contribution in [0.15, 0.2) is 0 Å². The smallest absolute Gasteiger partial charge is 0.302 e. The van der Waals surface area contributed by atoms with Gasteiger partial charge in [-0.3, -0.25) is 4.79 Å². The van der Waals surface area contributed by atoms with Crippen LogP contribution in [0.4, 0.5) is 0 Å². The molecule has 0 N–H and O–H groups in total. The van der Waals surface area contributed by atoms with E-state index in [0.717, 1.165) is 32.3 Å². The zero-order chi connectivity index (χ0) is 9.68. The van der Waals surface area contributed by atoms with Gasteiger partial charge in [-0.05, 0) is 32.6 Å². The molecule has 1 fully saturated rings. The van der Waals surface area contributed by atoms with Crippen molar-refractivity contribution in [3.05, 3.63) is 0 Å². The molecular weight excluding hydrogens is 168 g/mol. The maximum atomic E-state index is 10.7. The van der Waals surface area contributed by atoms with E-state index in [1.807, 2.05) is 6.92 Å². The Morgan fingerprint density at radius 1 is 1.23 bits per heavy atom. The predicted octanol–water partition coefficient (Wildman–Crippen LogP) is 1.90. The Hall–Kier alpha value is -0.570. The van der Waals surface area contributed by atoms with Crippen LogP contribution in [0.2, 0.25) is 0 Å². The Kier molecular flexibility index (Phi) is 4.22. The van der Waals surface area contributed by atoms with Gasteiger partial charge in [0.15, 0.2) is 0 Å². The molecule has 0 aromatic heterocycles. The van der Waals surface area contributed by atoms with E-state index in [1.165, 1.54) is 6.92 Å². The molecule has 3 heteroatoms. The monoisotopic (exact) mass is 186 g/mol. The fourth-order valence-corrected chi connectivity index (χ4v) is 1.79. The summed E-state index contributed by atoms with van der Waals surface area (Å²) in [6.07, 6.45) is 4.46. The van der Waals surface area contributed by atoms with Crippen LogP contribution in [0, 0.1) is 0 Å². The van der Waals surface area contributed by atoms with Crippen LogP contribution in [-0.2, 0) is 14.3 Å². The standard InChI is InChI=1S/C10H18O3/c1-3-12-9-4-6-10(7-5-9)13-8(2)11/h9-10H,3-7H2,1-2H3. The fraction of sp³-hybridized carbons (Fsp3) is 0.900. The van der Waals surface area contributed by atoms with Crippen molar-refractivity contribution < 1.29 is 14.3 Å². The molecule has 1 rings (SSSR count). The maximum absolute atomic E-state index is 10.7. The summed E-state index contributed by atoms with van der Waals surface area (Å²) >= 11 is 0. The third-order valence-corrected chi connectivity index (χ3v) is 2.36. The third-order valence-electron chi connectivity index (χ3n) is 2.36. The number of carbonyl (C=O) groups is 1. The number of ether oxygens (including phenoxy) is 2. The summed E-state index contributed by atoms with van der Waals surface area (Å²) in [4.78, 5) is 10.7. The van der Waals surface area contributed by atoms with Crippen LogP contribution in [-0.4, -0.2) is 24.8 Å². The van der Waals surface area contributed by atoms with E-state index >= 15 is 0 Å². The molecule has 1 aliphatic carbocycles. The zero-order valence-electron chi connectivity index (χ0n) is 8.41. The maximum Gasteiger partial charge on any atom is 0.302 e. The van der Waals surface area contributed by atoms with Gasteiger partial charge in [0, 0.05) is 13.5 Å². The van der Waals surface area contributed by atoms with Crippen LogP contribution in [0.3, 0.4) is 0 Å². The number of esters is 1. The van der Waals surface area contributed by atoms with Gasteiger partial charge in [0.05, 0.1) is 6.10 Å². The van der Waals surface area contributed by atoms with Crippen molar-refractivity contribution in [2.24, 2.45) is 0 Å². The summed E-state index contributed by atoms with van der Waals surface area (Å²) in [6, 6.07) is 0. The van der Waals surface area contributed by atoms with E-state index < -0.39 is 0 Å². The molecular formula is C10H18O3. The molecule has 0 bridgehead atoms. The average Bonchev–Trinajstić information content (AvgIpc) is 2.08. The van der Waals surface area contributed by atoms with Gasteiger partial charge in [-0.15, -0.1) is 0 Å². The first kappa shape index (κ1) is 10.5. The summed E-state index contributed by atoms with van der Waals surface area (Å²) in [6.45, 7) is 4.26. The van der Waals surface area contributed by atoms with E-state index in [0.29, 0.717) is 6.10 Å². The highest BCUT2D eigenvalue weighted by Gasteiger charge is 2.22. The molecule has 76 valence electrons. The lowest BCUT2D eigenvalue weighted by Gasteiger charge is -2.27. The molecule has 0 aromatic rings. The topological polar surface area (TPSA) is 35.5 Å². The van der Waals surface area contributed by atoms with Crippen LogP contribution in [0.5, 0.6) is 0 Å². The summed E-state index contributed by atoms with van der Waals surface area (Å²) in [5.41, 5.74) is 0. The van der Waals surface area contributed by atoms with Crippen molar-refractivity contribution in [2.75, 3.05) is 6.61 Å². The highest BCUT2D eigenvalue weighted by molar-refractivity contribution is 5.66. The number of rotatable bonds is 3. The van der Waals surface area contributed by atoms with Crippen LogP contribution < -0.4 is 0 Å². The Bertz CT molecular complexity index is 160. The van der Waals surface area contributed by atoms with Crippen LogP contribution in [0.25, 0.3) is 0 Å². The molecule has 0 amide bonds. The normalized spacial score (nSPS) is 28.5. The van der Waals surface area contributed by atoms with Gasteiger partial charge >= 0.3 is 5.97 Å². The molecule has 13 heavy (non-hydrogen) atoms. The Morgan fingerprint density at radius 3 is 2.23 bits per heavy atom. The predicted molar refractivity (Wildman–Crippen MR) is 49.4 cm³/mol. The van der Waals surface area contributed by atoms with Crippen molar-refractivity contribution in [2.45, 2.75) is 51.7 Å². The quantitative estimate of drug-likeness (QED) is 0.631. The zero-order valence-corrected chi connectivity index (χ0v) is 8.41. The molecule has 0 atom stereocenters. The van der Waals surface area contributed by atoms with Gasteiger partial charge in [0.25, 0.3) is 0 Å². The Morgan fingerprint density at radius 2 is 1.77 bits per heavy atom. The second-order valence-corrected chi connectivity index (χ2v) is 3.46. The van der Waals surface area contributed by atoms with Crippen LogP contribution in [0.1, 0.15) is 39.5 Å². The molecule has 0 saturated heterocycles. The second-order valence-electron chi connectivity index (χ2n) is 3.46. The highest BCUT2D eigenvalue weighted by Crippen LogP contribution is 2.23. The van der Waals surface area contributed by atoms with Gasteiger partial charge in [-0.2, -0.15) is 0 Å². The molecule has 3 nitrogen and oxygen atoms in total. The van der Waals surface area contributed by atoms with Crippen molar-refractivity contribution in [3.8, 4) is 0 Å². The Labute approximate surface area is 79.4 Å². The lowest BCUT2D eigenvalue weighted by molar-refractivity contribution is -0.149. The number of carbonyl (C=O) groups excluding carboxylic acids is 1. The minimum atomic E-state index is -0.167. The van der Waals surface area contributed by atoms with E-state index in [1.54, 1.807) is 0 Å². The summed E-state index contributed by atoms with van der Waals surface area (Å²) < 4.78 is 10.6. The summed E-state index contributed by atoms with van der Waals surface area (Å²) in [5.74, 6) is -0.167. The fourth-order valence-electron chi connectivity index (χ4n) is 1.79. The highest BCUT2D eigenvalue weighted by atomic mass is 16.5. The van der Waals surface area contributed by atoms with Gasteiger partial charge in [0.2, 0.25) is 0 Å². The first-order valence-electron chi connectivity index (χ1n) is 5.01. The minimum absolute atomic E-state index is 0.134. The number of hydrogen-bond acceptors (Lipinski definition) is 3. The number of hydrogen-bond donors (Lipinski definition) is 0. The average molecular weight is 186 g/mol. The molecule has 0 radical (unpaired) electrons. The summed E-state index contributed by atoms with van der Waals surface area (Å²) in [7, 11) is 0. The first-order valence-corrected chi connectivity index (χ1v) is 5.01. The molecule has 0 aromatic carbocycles. The lowest BCUT2D eigenvalue weighted by atomic mass is 9.95. The SMILES string of the molecule is CCOC1CCC(OC(C)=O)CC1. The van der Waals surface area contributed by atoms with Crippen molar-refractivity contribution in [1.82, 2.24) is 0 Å². The lowest BCUT2D eigenvalue weighted by Crippen LogP contribution is -2.27. The third kappa shape index (κ3) is 3.77. The van der Waals surface area contributed by atoms with E-state index in [2.05, 4.69) is 0 Å². The second kappa shape index (κ2) is 5.22. The van der Waals surface area contributed by atoms with Crippen molar-refractivity contribution >= 4 is 5.97 Å². The van der Waals surface area contributed by atoms with Crippen molar-refractivity contribution in [1.29, 1.82) is 0 Å². The summed E-state index contributed by atoms with van der Waals surface area (Å²) in [5, 5.41) is 0.